The number of rotatable bonds is 7. The van der Waals surface area contributed by atoms with Crippen LogP contribution in [0.2, 0.25) is 0 Å². The standard InChI is InChI=1S/C11H24N2O2/c1-6-9(8-15-5)13-10(14)11(3,4)12-7-2/h9,12H,6-8H2,1-5H3,(H,13,14). The van der Waals surface area contributed by atoms with Crippen molar-refractivity contribution < 1.29 is 9.53 Å². The fraction of sp³-hybridized carbons (Fsp3) is 0.909. The molecule has 0 aromatic heterocycles. The Hall–Kier alpha value is -0.610. The van der Waals surface area contributed by atoms with E-state index < -0.39 is 5.54 Å². The third-order valence-electron chi connectivity index (χ3n) is 2.38. The van der Waals surface area contributed by atoms with Crippen LogP contribution in [-0.2, 0) is 9.53 Å². The van der Waals surface area contributed by atoms with Crippen LogP contribution in [0.25, 0.3) is 0 Å². The van der Waals surface area contributed by atoms with E-state index in [4.69, 9.17) is 4.74 Å². The molecule has 1 atom stereocenters. The van der Waals surface area contributed by atoms with Gasteiger partial charge >= 0.3 is 0 Å². The first kappa shape index (κ1) is 14.4. The summed E-state index contributed by atoms with van der Waals surface area (Å²) < 4.78 is 5.03. The first-order chi connectivity index (χ1) is 6.97. The number of hydrogen-bond acceptors (Lipinski definition) is 3. The highest BCUT2D eigenvalue weighted by Crippen LogP contribution is 2.03. The zero-order chi connectivity index (χ0) is 11.9. The van der Waals surface area contributed by atoms with Crippen molar-refractivity contribution in [3.8, 4) is 0 Å². The van der Waals surface area contributed by atoms with Crippen molar-refractivity contribution in [3.63, 3.8) is 0 Å². The molecule has 0 aliphatic carbocycles. The van der Waals surface area contributed by atoms with Gasteiger partial charge in [0.1, 0.15) is 0 Å². The summed E-state index contributed by atoms with van der Waals surface area (Å²) in [5, 5.41) is 6.11. The summed E-state index contributed by atoms with van der Waals surface area (Å²) in [6.45, 7) is 9.12. The molecule has 0 aromatic rings. The van der Waals surface area contributed by atoms with Gasteiger partial charge in [-0.05, 0) is 26.8 Å². The van der Waals surface area contributed by atoms with Gasteiger partial charge in [0.2, 0.25) is 5.91 Å². The summed E-state index contributed by atoms with van der Waals surface area (Å²) in [6, 6.07) is 0.0976. The summed E-state index contributed by atoms with van der Waals surface area (Å²) in [4.78, 5) is 11.9. The molecule has 0 fully saturated rings. The van der Waals surface area contributed by atoms with Crippen molar-refractivity contribution >= 4 is 5.91 Å². The maximum atomic E-state index is 11.9. The van der Waals surface area contributed by atoms with Crippen LogP contribution in [-0.4, -0.2) is 37.7 Å². The molecule has 4 heteroatoms. The lowest BCUT2D eigenvalue weighted by Gasteiger charge is -2.27. The van der Waals surface area contributed by atoms with Crippen LogP contribution >= 0.6 is 0 Å². The van der Waals surface area contributed by atoms with E-state index in [1.807, 2.05) is 27.7 Å². The second-order valence-corrected chi connectivity index (χ2v) is 4.19. The largest absolute Gasteiger partial charge is 0.383 e. The van der Waals surface area contributed by atoms with E-state index in [0.29, 0.717) is 6.61 Å². The molecule has 1 unspecified atom stereocenters. The molecule has 0 spiro atoms. The maximum Gasteiger partial charge on any atom is 0.240 e. The van der Waals surface area contributed by atoms with Crippen molar-refractivity contribution in [2.24, 2.45) is 0 Å². The zero-order valence-electron chi connectivity index (χ0n) is 10.5. The van der Waals surface area contributed by atoms with Crippen molar-refractivity contribution in [2.75, 3.05) is 20.3 Å². The SMILES string of the molecule is CCNC(C)(C)C(=O)NC(CC)COC. The fourth-order valence-electron chi connectivity index (χ4n) is 1.35. The lowest BCUT2D eigenvalue weighted by atomic mass is 10.0. The molecule has 0 aliphatic rings. The predicted octanol–water partition coefficient (Wildman–Crippen LogP) is 0.916. The van der Waals surface area contributed by atoms with Crippen LogP contribution in [0.5, 0.6) is 0 Å². The van der Waals surface area contributed by atoms with Gasteiger partial charge in [-0.15, -0.1) is 0 Å². The number of carbonyl (C=O) groups is 1. The highest BCUT2D eigenvalue weighted by Gasteiger charge is 2.27. The van der Waals surface area contributed by atoms with E-state index in [0.717, 1.165) is 13.0 Å². The van der Waals surface area contributed by atoms with Crippen molar-refractivity contribution in [3.05, 3.63) is 0 Å². The molecule has 0 bridgehead atoms. The van der Waals surface area contributed by atoms with Gasteiger partial charge < -0.3 is 15.4 Å². The Morgan fingerprint density at radius 2 is 2.00 bits per heavy atom. The lowest BCUT2D eigenvalue weighted by Crippen LogP contribution is -2.55. The van der Waals surface area contributed by atoms with Crippen molar-refractivity contribution in [1.29, 1.82) is 0 Å². The minimum atomic E-state index is -0.518. The molecule has 0 rings (SSSR count). The Kier molecular flexibility index (Phi) is 6.52. The Labute approximate surface area is 92.8 Å². The molecule has 0 saturated heterocycles. The van der Waals surface area contributed by atoms with E-state index >= 15 is 0 Å². The number of likely N-dealkylation sites (N-methyl/N-ethyl adjacent to an activating group) is 1. The predicted molar refractivity (Wildman–Crippen MR) is 61.9 cm³/mol. The highest BCUT2D eigenvalue weighted by molar-refractivity contribution is 5.85. The number of carbonyl (C=O) groups excluding carboxylic acids is 1. The Bertz CT molecular complexity index is 193. The molecule has 90 valence electrons. The minimum absolute atomic E-state index is 0.0215. The number of nitrogens with one attached hydrogen (secondary N) is 2. The Morgan fingerprint density at radius 3 is 2.40 bits per heavy atom. The second kappa shape index (κ2) is 6.80. The highest BCUT2D eigenvalue weighted by atomic mass is 16.5. The molecule has 0 heterocycles. The van der Waals surface area contributed by atoms with Crippen molar-refractivity contribution in [1.82, 2.24) is 10.6 Å². The van der Waals surface area contributed by atoms with Gasteiger partial charge in [-0.3, -0.25) is 4.79 Å². The van der Waals surface area contributed by atoms with Gasteiger partial charge in [-0.1, -0.05) is 13.8 Å². The van der Waals surface area contributed by atoms with Crippen LogP contribution in [0, 0.1) is 0 Å². The van der Waals surface area contributed by atoms with Gasteiger partial charge in [-0.25, -0.2) is 0 Å². The number of ether oxygens (including phenoxy) is 1. The molecule has 0 radical (unpaired) electrons. The Balaban J connectivity index is 4.20. The van der Waals surface area contributed by atoms with E-state index in [9.17, 15) is 4.79 Å². The Morgan fingerprint density at radius 1 is 1.40 bits per heavy atom. The normalized spacial score (nSPS) is 13.7. The maximum absolute atomic E-state index is 11.9. The van der Waals surface area contributed by atoms with E-state index in [-0.39, 0.29) is 11.9 Å². The van der Waals surface area contributed by atoms with Gasteiger partial charge in [0.15, 0.2) is 0 Å². The molecule has 0 saturated carbocycles. The van der Waals surface area contributed by atoms with E-state index in [1.54, 1.807) is 7.11 Å². The van der Waals surface area contributed by atoms with Gasteiger partial charge in [0.25, 0.3) is 0 Å². The second-order valence-electron chi connectivity index (χ2n) is 4.19. The smallest absolute Gasteiger partial charge is 0.240 e. The van der Waals surface area contributed by atoms with Crippen LogP contribution in [0.4, 0.5) is 0 Å². The van der Waals surface area contributed by atoms with Gasteiger partial charge in [0, 0.05) is 7.11 Å². The molecule has 0 aliphatic heterocycles. The molecular weight excluding hydrogens is 192 g/mol. The molecule has 2 N–H and O–H groups in total. The van der Waals surface area contributed by atoms with Crippen LogP contribution < -0.4 is 10.6 Å². The molecule has 15 heavy (non-hydrogen) atoms. The summed E-state index contributed by atoms with van der Waals surface area (Å²) in [6.07, 6.45) is 0.877. The number of amides is 1. The third-order valence-corrected chi connectivity index (χ3v) is 2.38. The minimum Gasteiger partial charge on any atom is -0.383 e. The van der Waals surface area contributed by atoms with Crippen LogP contribution in [0.15, 0.2) is 0 Å². The number of methoxy groups -OCH3 is 1. The molecule has 4 nitrogen and oxygen atoms in total. The lowest BCUT2D eigenvalue weighted by molar-refractivity contribution is -0.127. The first-order valence-corrected chi connectivity index (χ1v) is 5.52. The van der Waals surface area contributed by atoms with Gasteiger partial charge in [-0.2, -0.15) is 0 Å². The molecule has 0 aromatic carbocycles. The first-order valence-electron chi connectivity index (χ1n) is 5.52. The average Bonchev–Trinajstić information content (AvgIpc) is 2.16. The van der Waals surface area contributed by atoms with Crippen LogP contribution in [0.1, 0.15) is 34.1 Å². The van der Waals surface area contributed by atoms with Crippen molar-refractivity contribution in [2.45, 2.75) is 45.7 Å². The molecule has 1 amide bonds. The van der Waals surface area contributed by atoms with Crippen LogP contribution in [0.3, 0.4) is 0 Å². The number of hydrogen-bond donors (Lipinski definition) is 2. The zero-order valence-corrected chi connectivity index (χ0v) is 10.5. The van der Waals surface area contributed by atoms with Gasteiger partial charge in [0.05, 0.1) is 18.2 Å². The van der Waals surface area contributed by atoms with E-state index in [2.05, 4.69) is 10.6 Å². The summed E-state index contributed by atoms with van der Waals surface area (Å²) in [7, 11) is 1.64. The summed E-state index contributed by atoms with van der Waals surface area (Å²) in [5.74, 6) is 0.0215. The average molecular weight is 216 g/mol. The summed E-state index contributed by atoms with van der Waals surface area (Å²) in [5.41, 5.74) is -0.518. The topological polar surface area (TPSA) is 50.4 Å². The van der Waals surface area contributed by atoms with E-state index in [1.165, 1.54) is 0 Å². The fourth-order valence-corrected chi connectivity index (χ4v) is 1.35. The quantitative estimate of drug-likeness (QED) is 0.665. The molecular formula is C11H24N2O2. The monoisotopic (exact) mass is 216 g/mol. The third kappa shape index (κ3) is 5.14. The summed E-state index contributed by atoms with van der Waals surface area (Å²) >= 11 is 0.